The molecule has 3 N–H and O–H groups in total. The first-order valence-corrected chi connectivity index (χ1v) is 10.8. The third-order valence-corrected chi connectivity index (χ3v) is 6.18. The molecule has 0 saturated carbocycles. The van der Waals surface area contributed by atoms with Gasteiger partial charge in [0, 0.05) is 38.3 Å². The normalized spacial score (nSPS) is 20.2. The number of amides is 3. The Morgan fingerprint density at radius 3 is 2.71 bits per heavy atom. The van der Waals surface area contributed by atoms with E-state index in [-0.39, 0.29) is 22.3 Å². The van der Waals surface area contributed by atoms with Crippen LogP contribution in [0.4, 0.5) is 10.5 Å². The number of nitrogens with zero attached hydrogens (tertiary/aromatic N) is 2. The number of carbonyl (C=O) groups excluding carboxylic acids is 3. The van der Waals surface area contributed by atoms with E-state index in [1.54, 1.807) is 0 Å². The number of nitrogens with two attached hydrogens (primary N) is 1. The minimum atomic E-state index is -0.374. The second kappa shape index (κ2) is 9.93. The van der Waals surface area contributed by atoms with Gasteiger partial charge in [-0.15, -0.1) is 0 Å². The number of rotatable bonds is 7. The van der Waals surface area contributed by atoms with Crippen LogP contribution in [0.2, 0.25) is 0 Å². The van der Waals surface area contributed by atoms with Crippen LogP contribution in [0, 0.1) is 0 Å². The lowest BCUT2D eigenvalue weighted by Gasteiger charge is -2.26. The van der Waals surface area contributed by atoms with Crippen molar-refractivity contribution in [3.05, 3.63) is 29.8 Å². The SMILES string of the molecule is NCCCCC(=O)N1CCCN(c2ccccc2CC2SC(=O)NC2=O)CC1. The minimum Gasteiger partial charge on any atom is -0.369 e. The van der Waals surface area contributed by atoms with Gasteiger partial charge in [0.1, 0.15) is 0 Å². The van der Waals surface area contributed by atoms with Crippen molar-refractivity contribution in [1.29, 1.82) is 0 Å². The van der Waals surface area contributed by atoms with Gasteiger partial charge >= 0.3 is 0 Å². The second-order valence-electron chi connectivity index (χ2n) is 7.18. The van der Waals surface area contributed by atoms with Crippen molar-refractivity contribution in [2.24, 2.45) is 5.73 Å². The number of thioether (sulfide) groups is 1. The molecule has 2 saturated heterocycles. The summed E-state index contributed by atoms with van der Waals surface area (Å²) in [6.07, 6.45) is 3.73. The summed E-state index contributed by atoms with van der Waals surface area (Å²) in [5, 5.41) is 1.71. The zero-order valence-electron chi connectivity index (χ0n) is 16.1. The van der Waals surface area contributed by atoms with Crippen LogP contribution in [0.25, 0.3) is 0 Å². The lowest BCUT2D eigenvalue weighted by atomic mass is 10.1. The molecule has 28 heavy (non-hydrogen) atoms. The molecule has 2 fully saturated rings. The minimum absolute atomic E-state index is 0.209. The lowest BCUT2D eigenvalue weighted by molar-refractivity contribution is -0.131. The molecule has 8 heteroatoms. The number of benzene rings is 1. The number of nitrogens with one attached hydrogen (secondary N) is 1. The van der Waals surface area contributed by atoms with Gasteiger partial charge in [0.25, 0.3) is 5.24 Å². The monoisotopic (exact) mass is 404 g/mol. The van der Waals surface area contributed by atoms with Crippen LogP contribution in [-0.2, 0) is 16.0 Å². The molecule has 0 spiro atoms. The van der Waals surface area contributed by atoms with Gasteiger partial charge in [-0.25, -0.2) is 0 Å². The molecule has 0 aromatic heterocycles. The van der Waals surface area contributed by atoms with Crippen molar-refractivity contribution in [2.45, 2.75) is 37.4 Å². The van der Waals surface area contributed by atoms with E-state index in [0.29, 0.717) is 25.9 Å². The molecule has 7 nitrogen and oxygen atoms in total. The highest BCUT2D eigenvalue weighted by molar-refractivity contribution is 8.15. The van der Waals surface area contributed by atoms with Crippen molar-refractivity contribution in [2.75, 3.05) is 37.6 Å². The topological polar surface area (TPSA) is 95.7 Å². The van der Waals surface area contributed by atoms with Crippen molar-refractivity contribution in [1.82, 2.24) is 10.2 Å². The van der Waals surface area contributed by atoms with E-state index < -0.39 is 0 Å². The molecule has 3 amide bonds. The molecule has 0 bridgehead atoms. The average molecular weight is 405 g/mol. The Balaban J connectivity index is 1.63. The molecule has 1 aromatic rings. The van der Waals surface area contributed by atoms with E-state index in [0.717, 1.165) is 61.9 Å². The van der Waals surface area contributed by atoms with Crippen LogP contribution in [0.5, 0.6) is 0 Å². The molecule has 0 aliphatic carbocycles. The first kappa shape index (κ1) is 20.7. The van der Waals surface area contributed by atoms with Crippen molar-refractivity contribution >= 4 is 34.5 Å². The fourth-order valence-electron chi connectivity index (χ4n) is 3.71. The summed E-state index contributed by atoms with van der Waals surface area (Å²) in [5.41, 5.74) is 7.67. The van der Waals surface area contributed by atoms with E-state index >= 15 is 0 Å². The van der Waals surface area contributed by atoms with Gasteiger partial charge in [0.2, 0.25) is 11.8 Å². The summed E-state index contributed by atoms with van der Waals surface area (Å²) >= 11 is 1.06. The summed E-state index contributed by atoms with van der Waals surface area (Å²) in [7, 11) is 0. The Bertz CT molecular complexity index is 727. The van der Waals surface area contributed by atoms with Crippen molar-refractivity contribution < 1.29 is 14.4 Å². The Kier molecular flexibility index (Phi) is 7.33. The third-order valence-electron chi connectivity index (χ3n) is 5.20. The van der Waals surface area contributed by atoms with Gasteiger partial charge in [0.05, 0.1) is 5.25 Å². The van der Waals surface area contributed by atoms with Gasteiger partial charge in [-0.3, -0.25) is 19.7 Å². The summed E-state index contributed by atoms with van der Waals surface area (Å²) in [6, 6.07) is 8.04. The Hall–Kier alpha value is -2.06. The third kappa shape index (κ3) is 5.26. The predicted octanol–water partition coefficient (Wildman–Crippen LogP) is 1.75. The van der Waals surface area contributed by atoms with Crippen LogP contribution in [0.1, 0.15) is 31.2 Å². The largest absolute Gasteiger partial charge is 0.369 e. The van der Waals surface area contributed by atoms with E-state index in [1.165, 1.54) is 0 Å². The van der Waals surface area contributed by atoms with Gasteiger partial charge in [-0.2, -0.15) is 0 Å². The van der Waals surface area contributed by atoms with Crippen molar-refractivity contribution in [3.8, 4) is 0 Å². The fraction of sp³-hybridized carbons (Fsp3) is 0.550. The maximum Gasteiger partial charge on any atom is 0.286 e. The van der Waals surface area contributed by atoms with Gasteiger partial charge in [-0.05, 0) is 43.9 Å². The van der Waals surface area contributed by atoms with E-state index in [4.69, 9.17) is 5.73 Å². The molecule has 3 rings (SSSR count). The molecular formula is C20H28N4O3S. The number of imide groups is 1. The summed E-state index contributed by atoms with van der Waals surface area (Å²) in [6.45, 7) is 3.73. The summed E-state index contributed by atoms with van der Waals surface area (Å²) in [4.78, 5) is 40.1. The number of anilines is 1. The molecule has 1 unspecified atom stereocenters. The molecule has 2 heterocycles. The lowest BCUT2D eigenvalue weighted by Crippen LogP contribution is -2.35. The Labute approximate surface area is 170 Å². The molecule has 152 valence electrons. The highest BCUT2D eigenvalue weighted by atomic mass is 32.2. The zero-order valence-corrected chi connectivity index (χ0v) is 16.9. The highest BCUT2D eigenvalue weighted by Crippen LogP contribution is 2.28. The van der Waals surface area contributed by atoms with Crippen molar-refractivity contribution in [3.63, 3.8) is 0 Å². The number of hydrogen-bond donors (Lipinski definition) is 2. The van der Waals surface area contributed by atoms with Gasteiger partial charge in [0.15, 0.2) is 0 Å². The predicted molar refractivity (Wildman–Crippen MR) is 111 cm³/mol. The second-order valence-corrected chi connectivity index (χ2v) is 8.36. The molecule has 2 aliphatic rings. The first-order chi connectivity index (χ1) is 13.6. The molecule has 1 atom stereocenters. The standard InChI is InChI=1S/C20H28N4O3S/c21-9-4-3-8-18(25)24-11-5-10-23(12-13-24)16-7-2-1-6-15(16)14-17-19(26)22-20(27)28-17/h1-2,6-7,17H,3-5,8-14,21H2,(H,22,26,27). The highest BCUT2D eigenvalue weighted by Gasteiger charge is 2.32. The Morgan fingerprint density at radius 1 is 1.14 bits per heavy atom. The summed E-state index contributed by atoms with van der Waals surface area (Å²) < 4.78 is 0. The Morgan fingerprint density at radius 2 is 1.96 bits per heavy atom. The van der Waals surface area contributed by atoms with Gasteiger partial charge in [-0.1, -0.05) is 30.0 Å². The van der Waals surface area contributed by atoms with Crippen LogP contribution >= 0.6 is 11.8 Å². The smallest absolute Gasteiger partial charge is 0.286 e. The first-order valence-electron chi connectivity index (χ1n) is 9.90. The summed E-state index contributed by atoms with van der Waals surface area (Å²) in [5.74, 6) is -0.00366. The van der Waals surface area contributed by atoms with E-state index in [1.807, 2.05) is 23.1 Å². The van der Waals surface area contributed by atoms with E-state index in [9.17, 15) is 14.4 Å². The van der Waals surface area contributed by atoms with Crippen LogP contribution in [0.3, 0.4) is 0 Å². The average Bonchev–Trinajstić information content (AvgIpc) is 2.87. The molecule has 2 aliphatic heterocycles. The maximum atomic E-state index is 12.4. The quantitative estimate of drug-likeness (QED) is 0.672. The zero-order chi connectivity index (χ0) is 19.9. The van der Waals surface area contributed by atoms with E-state index in [2.05, 4.69) is 16.3 Å². The number of carbonyl (C=O) groups is 3. The maximum absolute atomic E-state index is 12.4. The molecular weight excluding hydrogens is 376 g/mol. The van der Waals surface area contributed by atoms with Crippen LogP contribution in [-0.4, -0.2) is 59.9 Å². The van der Waals surface area contributed by atoms with Gasteiger partial charge < -0.3 is 15.5 Å². The molecule has 1 aromatic carbocycles. The molecule has 0 radical (unpaired) electrons. The number of para-hydroxylation sites is 1. The fourth-order valence-corrected chi connectivity index (χ4v) is 4.55. The number of unbranched alkanes of at least 4 members (excludes halogenated alkanes) is 1. The van der Waals surface area contributed by atoms with Crippen LogP contribution < -0.4 is 16.0 Å². The number of hydrogen-bond acceptors (Lipinski definition) is 6. The van der Waals surface area contributed by atoms with Crippen LogP contribution in [0.15, 0.2) is 24.3 Å².